The second-order valence-corrected chi connectivity index (χ2v) is 4.24. The number of hydrogen-bond donors (Lipinski definition) is 1. The number of pyridine rings is 1. The molecule has 0 atom stereocenters. The van der Waals surface area contributed by atoms with Gasteiger partial charge in [0.2, 0.25) is 0 Å². The quantitative estimate of drug-likeness (QED) is 0.874. The number of anilines is 1. The van der Waals surface area contributed by atoms with E-state index in [4.69, 9.17) is 4.74 Å². The van der Waals surface area contributed by atoms with Gasteiger partial charge in [-0.25, -0.2) is 0 Å². The van der Waals surface area contributed by atoms with Crippen LogP contribution in [0.4, 0.5) is 5.69 Å². The van der Waals surface area contributed by atoms with Gasteiger partial charge in [-0.05, 0) is 30.2 Å². The van der Waals surface area contributed by atoms with Gasteiger partial charge in [0, 0.05) is 19.9 Å². The predicted octanol–water partition coefficient (Wildman–Crippen LogP) is 3.15. The summed E-state index contributed by atoms with van der Waals surface area (Å²) in [6.07, 6.45) is 1.81. The minimum absolute atomic E-state index is 0.662. The largest absolute Gasteiger partial charge is 0.380 e. The van der Waals surface area contributed by atoms with Crippen LogP contribution in [0, 0.1) is 6.92 Å². The van der Waals surface area contributed by atoms with Gasteiger partial charge in [-0.3, -0.25) is 4.98 Å². The van der Waals surface area contributed by atoms with Gasteiger partial charge < -0.3 is 10.1 Å². The highest BCUT2D eigenvalue weighted by molar-refractivity contribution is 5.47. The Bertz CT molecular complexity index is 494. The summed E-state index contributed by atoms with van der Waals surface area (Å²) in [7, 11) is 1.71. The molecule has 0 saturated carbocycles. The van der Waals surface area contributed by atoms with Gasteiger partial charge >= 0.3 is 0 Å². The molecule has 0 saturated heterocycles. The molecule has 1 N–H and O–H groups in total. The molecule has 1 heterocycles. The summed E-state index contributed by atoms with van der Waals surface area (Å²) in [4.78, 5) is 4.25. The number of aryl methyl sites for hydroxylation is 1. The molecule has 0 aliphatic rings. The van der Waals surface area contributed by atoms with Crippen LogP contribution in [0.25, 0.3) is 0 Å². The first kappa shape index (κ1) is 12.6. The highest BCUT2D eigenvalue weighted by Crippen LogP contribution is 2.13. The van der Waals surface area contributed by atoms with Crippen LogP contribution in [0.3, 0.4) is 0 Å². The van der Waals surface area contributed by atoms with Crippen LogP contribution in [0.5, 0.6) is 0 Å². The Morgan fingerprint density at radius 2 is 1.83 bits per heavy atom. The van der Waals surface area contributed by atoms with Crippen LogP contribution in [0.2, 0.25) is 0 Å². The summed E-state index contributed by atoms with van der Waals surface area (Å²) < 4.78 is 5.09. The zero-order valence-corrected chi connectivity index (χ0v) is 10.8. The maximum atomic E-state index is 5.09. The number of nitrogens with zero attached hydrogens (tertiary/aromatic N) is 1. The van der Waals surface area contributed by atoms with E-state index in [0.29, 0.717) is 6.61 Å². The highest BCUT2D eigenvalue weighted by Gasteiger charge is 1.98. The summed E-state index contributed by atoms with van der Waals surface area (Å²) >= 11 is 0. The molecular formula is C15H18N2O. The van der Waals surface area contributed by atoms with Crippen molar-refractivity contribution < 1.29 is 4.74 Å². The average molecular weight is 242 g/mol. The van der Waals surface area contributed by atoms with Gasteiger partial charge in [-0.1, -0.05) is 24.3 Å². The summed E-state index contributed by atoms with van der Waals surface area (Å²) in [5, 5.41) is 3.39. The van der Waals surface area contributed by atoms with Gasteiger partial charge in [0.1, 0.15) is 0 Å². The Kier molecular flexibility index (Phi) is 4.31. The van der Waals surface area contributed by atoms with Crippen LogP contribution in [0.15, 0.2) is 42.6 Å². The van der Waals surface area contributed by atoms with Crippen molar-refractivity contribution in [2.75, 3.05) is 12.4 Å². The number of aromatic nitrogens is 1. The Balaban J connectivity index is 1.96. The molecule has 0 spiro atoms. The summed E-state index contributed by atoms with van der Waals surface area (Å²) in [6, 6.07) is 12.4. The molecule has 0 radical (unpaired) electrons. The molecule has 0 bridgehead atoms. The van der Waals surface area contributed by atoms with Crippen LogP contribution in [0.1, 0.15) is 16.8 Å². The van der Waals surface area contributed by atoms with Crippen molar-refractivity contribution in [2.45, 2.75) is 20.1 Å². The Morgan fingerprint density at radius 1 is 1.11 bits per heavy atom. The van der Waals surface area contributed by atoms with Crippen LogP contribution in [-0.2, 0) is 17.9 Å². The van der Waals surface area contributed by atoms with Crippen LogP contribution >= 0.6 is 0 Å². The molecule has 0 aliphatic heterocycles. The monoisotopic (exact) mass is 242 g/mol. The van der Waals surface area contributed by atoms with Crippen molar-refractivity contribution in [2.24, 2.45) is 0 Å². The number of nitrogens with one attached hydrogen (secondary N) is 1. The summed E-state index contributed by atoms with van der Waals surface area (Å²) in [5.41, 5.74) is 4.55. The van der Waals surface area contributed by atoms with Crippen molar-refractivity contribution in [3.05, 3.63) is 59.4 Å². The molecule has 0 aliphatic carbocycles. The summed E-state index contributed by atoms with van der Waals surface area (Å²) in [6.45, 7) is 3.47. The number of methoxy groups -OCH3 is 1. The fourth-order valence-electron chi connectivity index (χ4n) is 1.79. The molecule has 0 fully saturated rings. The fraction of sp³-hybridized carbons (Fsp3) is 0.267. The third-order valence-electron chi connectivity index (χ3n) is 2.82. The van der Waals surface area contributed by atoms with E-state index in [1.54, 1.807) is 13.3 Å². The SMILES string of the molecule is COCc1ccc(CNc2cccnc2C)cc1. The molecule has 94 valence electrons. The van der Waals surface area contributed by atoms with Gasteiger partial charge in [0.05, 0.1) is 18.0 Å². The Morgan fingerprint density at radius 3 is 2.50 bits per heavy atom. The van der Waals surface area contributed by atoms with Crippen molar-refractivity contribution in [1.82, 2.24) is 4.98 Å². The van der Waals surface area contributed by atoms with E-state index in [0.717, 1.165) is 17.9 Å². The van der Waals surface area contributed by atoms with E-state index in [1.807, 2.05) is 19.1 Å². The Labute approximate surface area is 108 Å². The van der Waals surface area contributed by atoms with Crippen molar-refractivity contribution in [1.29, 1.82) is 0 Å². The van der Waals surface area contributed by atoms with Gasteiger partial charge in [0.25, 0.3) is 0 Å². The number of benzene rings is 1. The van der Waals surface area contributed by atoms with E-state index in [-0.39, 0.29) is 0 Å². The normalized spacial score (nSPS) is 10.3. The lowest BCUT2D eigenvalue weighted by atomic mass is 10.1. The molecule has 18 heavy (non-hydrogen) atoms. The smallest absolute Gasteiger partial charge is 0.0713 e. The molecule has 1 aromatic carbocycles. The molecule has 0 amide bonds. The topological polar surface area (TPSA) is 34.1 Å². The predicted molar refractivity (Wildman–Crippen MR) is 73.5 cm³/mol. The third kappa shape index (κ3) is 3.31. The molecule has 3 heteroatoms. The second kappa shape index (κ2) is 6.17. The van der Waals surface area contributed by atoms with Crippen molar-refractivity contribution in [3.63, 3.8) is 0 Å². The van der Waals surface area contributed by atoms with E-state index in [9.17, 15) is 0 Å². The number of rotatable bonds is 5. The van der Waals surface area contributed by atoms with Gasteiger partial charge in [0.15, 0.2) is 0 Å². The van der Waals surface area contributed by atoms with E-state index in [1.165, 1.54) is 11.1 Å². The molecule has 2 aromatic rings. The van der Waals surface area contributed by atoms with E-state index in [2.05, 4.69) is 34.6 Å². The first-order valence-electron chi connectivity index (χ1n) is 6.02. The Hall–Kier alpha value is -1.87. The lowest BCUT2D eigenvalue weighted by Gasteiger charge is -2.09. The zero-order chi connectivity index (χ0) is 12.8. The number of ether oxygens (including phenoxy) is 1. The van der Waals surface area contributed by atoms with Gasteiger partial charge in [-0.2, -0.15) is 0 Å². The molecule has 0 unspecified atom stereocenters. The fourth-order valence-corrected chi connectivity index (χ4v) is 1.79. The maximum Gasteiger partial charge on any atom is 0.0713 e. The molecule has 1 aromatic heterocycles. The van der Waals surface area contributed by atoms with Crippen molar-refractivity contribution >= 4 is 5.69 Å². The lowest BCUT2D eigenvalue weighted by Crippen LogP contribution is -2.02. The number of hydrogen-bond acceptors (Lipinski definition) is 3. The first-order valence-corrected chi connectivity index (χ1v) is 6.02. The molecule has 3 nitrogen and oxygen atoms in total. The maximum absolute atomic E-state index is 5.09. The lowest BCUT2D eigenvalue weighted by molar-refractivity contribution is 0.185. The zero-order valence-electron chi connectivity index (χ0n) is 10.8. The van der Waals surface area contributed by atoms with Crippen LogP contribution in [-0.4, -0.2) is 12.1 Å². The minimum Gasteiger partial charge on any atom is -0.380 e. The average Bonchev–Trinajstić information content (AvgIpc) is 2.40. The molecular weight excluding hydrogens is 224 g/mol. The van der Waals surface area contributed by atoms with Crippen molar-refractivity contribution in [3.8, 4) is 0 Å². The first-order chi connectivity index (χ1) is 8.79. The standard InChI is InChI=1S/C15H18N2O/c1-12-15(4-3-9-16-12)17-10-13-5-7-14(8-6-13)11-18-2/h3-9,17H,10-11H2,1-2H3. The second-order valence-electron chi connectivity index (χ2n) is 4.24. The minimum atomic E-state index is 0.662. The third-order valence-corrected chi connectivity index (χ3v) is 2.82. The molecule has 2 rings (SSSR count). The highest BCUT2D eigenvalue weighted by atomic mass is 16.5. The van der Waals surface area contributed by atoms with Crippen LogP contribution < -0.4 is 5.32 Å². The van der Waals surface area contributed by atoms with E-state index < -0.39 is 0 Å². The summed E-state index contributed by atoms with van der Waals surface area (Å²) in [5.74, 6) is 0. The van der Waals surface area contributed by atoms with E-state index >= 15 is 0 Å². The van der Waals surface area contributed by atoms with Gasteiger partial charge in [-0.15, -0.1) is 0 Å².